The number of benzene rings is 3. The second-order valence-corrected chi connectivity index (χ2v) is 10.6. The van der Waals surface area contributed by atoms with Gasteiger partial charge in [-0.15, -0.1) is 10.2 Å². The predicted octanol–water partition coefficient (Wildman–Crippen LogP) is 7.34. The number of anilines is 1. The summed E-state index contributed by atoms with van der Waals surface area (Å²) >= 11 is 1.37. The Labute approximate surface area is 231 Å². The molecule has 1 saturated carbocycles. The Bertz CT molecular complexity index is 1420. The standard InChI is InChI=1S/C29H30N6O3S/c1-21(30-31-24-14-16-26(17-15-24)35(36)37)39-29-33-32-28(34(29)25-10-6-3-7-11-25)20-38-27-18-12-23(13-19-27)22-8-4-2-5-9-22/h3,6-7,10-19,22,31H,2,4-5,8-9,20H2,1H3. The molecule has 0 saturated heterocycles. The van der Waals surface area contributed by atoms with E-state index in [1.807, 2.05) is 54.0 Å². The van der Waals surface area contributed by atoms with Crippen molar-refractivity contribution in [2.45, 2.75) is 56.7 Å². The van der Waals surface area contributed by atoms with Gasteiger partial charge >= 0.3 is 0 Å². The van der Waals surface area contributed by atoms with Crippen LogP contribution in [0.5, 0.6) is 5.75 Å². The summed E-state index contributed by atoms with van der Waals surface area (Å²) in [6, 6.07) is 24.5. The molecule has 0 unspecified atom stereocenters. The molecular weight excluding hydrogens is 512 g/mol. The van der Waals surface area contributed by atoms with E-state index in [4.69, 9.17) is 4.74 Å². The predicted molar refractivity (Wildman–Crippen MR) is 154 cm³/mol. The van der Waals surface area contributed by atoms with Crippen LogP contribution in [0, 0.1) is 10.1 Å². The van der Waals surface area contributed by atoms with Crippen LogP contribution in [0.3, 0.4) is 0 Å². The Hall–Kier alpha value is -4.18. The Morgan fingerprint density at radius 1 is 1.03 bits per heavy atom. The van der Waals surface area contributed by atoms with E-state index in [2.05, 4.69) is 32.9 Å². The van der Waals surface area contributed by atoms with Crippen molar-refractivity contribution in [3.8, 4) is 11.4 Å². The minimum Gasteiger partial charge on any atom is -0.486 e. The van der Waals surface area contributed by atoms with E-state index in [1.54, 1.807) is 12.1 Å². The summed E-state index contributed by atoms with van der Waals surface area (Å²) in [5.41, 5.74) is 5.93. The molecule has 0 atom stereocenters. The molecule has 9 nitrogen and oxygen atoms in total. The quantitative estimate of drug-likeness (QED) is 0.0775. The maximum absolute atomic E-state index is 10.9. The van der Waals surface area contributed by atoms with E-state index in [0.29, 0.717) is 27.6 Å². The third-order valence-corrected chi connectivity index (χ3v) is 7.53. The summed E-state index contributed by atoms with van der Waals surface area (Å²) in [6.45, 7) is 2.12. The number of nitrogens with one attached hydrogen (secondary N) is 1. The zero-order valence-electron chi connectivity index (χ0n) is 21.7. The van der Waals surface area contributed by atoms with Gasteiger partial charge in [0.05, 0.1) is 15.7 Å². The Kier molecular flexibility index (Phi) is 8.52. The lowest BCUT2D eigenvalue weighted by molar-refractivity contribution is -0.384. The normalized spacial score (nSPS) is 14.2. The molecule has 10 heteroatoms. The highest BCUT2D eigenvalue weighted by atomic mass is 32.2. The van der Waals surface area contributed by atoms with Crippen molar-refractivity contribution in [2.24, 2.45) is 5.10 Å². The zero-order chi connectivity index (χ0) is 27.0. The summed E-state index contributed by atoms with van der Waals surface area (Å²) in [5, 5.41) is 25.5. The van der Waals surface area contributed by atoms with Gasteiger partial charge in [-0.3, -0.25) is 20.1 Å². The number of ether oxygens (including phenoxy) is 1. The zero-order valence-corrected chi connectivity index (χ0v) is 22.5. The molecule has 1 aromatic heterocycles. The second-order valence-electron chi connectivity index (χ2n) is 9.41. The van der Waals surface area contributed by atoms with Gasteiger partial charge in [0.1, 0.15) is 12.4 Å². The number of non-ortho nitro benzene ring substituents is 1. The number of nitro benzene ring substituents is 1. The van der Waals surface area contributed by atoms with Crippen LogP contribution in [-0.4, -0.2) is 24.7 Å². The van der Waals surface area contributed by atoms with Crippen LogP contribution in [0.1, 0.15) is 56.3 Å². The van der Waals surface area contributed by atoms with E-state index in [1.165, 1.54) is 61.6 Å². The maximum atomic E-state index is 10.9. The molecule has 0 radical (unpaired) electrons. The highest BCUT2D eigenvalue weighted by Crippen LogP contribution is 2.33. The second kappa shape index (κ2) is 12.6. The number of hydrogen-bond acceptors (Lipinski definition) is 8. The number of hydrazone groups is 1. The first-order chi connectivity index (χ1) is 19.1. The van der Waals surface area contributed by atoms with Crippen molar-refractivity contribution in [1.29, 1.82) is 0 Å². The van der Waals surface area contributed by atoms with Crippen molar-refractivity contribution in [2.75, 3.05) is 5.43 Å². The molecule has 1 aliphatic carbocycles. The molecule has 1 fully saturated rings. The minimum atomic E-state index is -0.432. The lowest BCUT2D eigenvalue weighted by atomic mass is 9.84. The van der Waals surface area contributed by atoms with Crippen LogP contribution in [0.4, 0.5) is 11.4 Å². The van der Waals surface area contributed by atoms with Crippen molar-refractivity contribution in [3.05, 3.63) is 100 Å². The average molecular weight is 543 g/mol. The molecule has 0 amide bonds. The molecule has 0 aliphatic heterocycles. The van der Waals surface area contributed by atoms with Crippen molar-refractivity contribution >= 4 is 28.2 Å². The molecule has 39 heavy (non-hydrogen) atoms. The highest BCUT2D eigenvalue weighted by Gasteiger charge is 2.18. The first-order valence-corrected chi connectivity index (χ1v) is 13.8. The number of aromatic nitrogens is 3. The van der Waals surface area contributed by atoms with E-state index < -0.39 is 4.92 Å². The van der Waals surface area contributed by atoms with Crippen LogP contribution < -0.4 is 10.2 Å². The third-order valence-electron chi connectivity index (χ3n) is 6.70. The fraction of sp³-hybridized carbons (Fsp3) is 0.276. The number of rotatable bonds is 9. The summed E-state index contributed by atoms with van der Waals surface area (Å²) in [7, 11) is 0. The van der Waals surface area contributed by atoms with Crippen LogP contribution in [-0.2, 0) is 6.61 Å². The van der Waals surface area contributed by atoms with E-state index in [-0.39, 0.29) is 12.3 Å². The summed E-state index contributed by atoms with van der Waals surface area (Å²) in [4.78, 5) is 10.4. The van der Waals surface area contributed by atoms with Gasteiger partial charge in [-0.05, 0) is 79.4 Å². The Morgan fingerprint density at radius 3 is 2.44 bits per heavy atom. The van der Waals surface area contributed by atoms with Gasteiger partial charge in [0.15, 0.2) is 5.82 Å². The van der Waals surface area contributed by atoms with Gasteiger partial charge < -0.3 is 4.74 Å². The van der Waals surface area contributed by atoms with Gasteiger partial charge in [0, 0.05) is 17.8 Å². The Balaban J connectivity index is 1.28. The first-order valence-electron chi connectivity index (χ1n) is 13.0. The molecule has 200 valence electrons. The SMILES string of the molecule is CC(=NNc1ccc([N+](=O)[O-])cc1)Sc1nnc(COc2ccc(C3CCCCC3)cc2)n1-c1ccccc1. The number of hydrogen-bond donors (Lipinski definition) is 1. The fourth-order valence-electron chi connectivity index (χ4n) is 4.67. The molecule has 3 aromatic carbocycles. The van der Waals surface area contributed by atoms with Gasteiger partial charge in [0.25, 0.3) is 5.69 Å². The molecule has 0 bridgehead atoms. The first kappa shape index (κ1) is 26.4. The van der Waals surface area contributed by atoms with Crippen LogP contribution in [0.25, 0.3) is 5.69 Å². The molecule has 1 heterocycles. The van der Waals surface area contributed by atoms with Gasteiger partial charge in [-0.2, -0.15) is 5.10 Å². The maximum Gasteiger partial charge on any atom is 0.269 e. The van der Waals surface area contributed by atoms with Crippen LogP contribution in [0.2, 0.25) is 0 Å². The molecule has 1 N–H and O–H groups in total. The van der Waals surface area contributed by atoms with Crippen LogP contribution in [0.15, 0.2) is 89.1 Å². The Morgan fingerprint density at radius 2 is 1.74 bits per heavy atom. The summed E-state index contributed by atoms with van der Waals surface area (Å²) in [6.07, 6.45) is 6.52. The molecule has 0 spiro atoms. The average Bonchev–Trinajstić information content (AvgIpc) is 3.38. The topological polar surface area (TPSA) is 107 Å². The van der Waals surface area contributed by atoms with Crippen molar-refractivity contribution in [3.63, 3.8) is 0 Å². The van der Waals surface area contributed by atoms with Crippen LogP contribution >= 0.6 is 11.8 Å². The fourth-order valence-corrected chi connectivity index (χ4v) is 5.41. The monoisotopic (exact) mass is 542 g/mol. The lowest BCUT2D eigenvalue weighted by Gasteiger charge is -2.22. The number of para-hydroxylation sites is 1. The molecular formula is C29H30N6O3S. The largest absolute Gasteiger partial charge is 0.486 e. The smallest absolute Gasteiger partial charge is 0.269 e. The third kappa shape index (κ3) is 6.83. The van der Waals surface area contributed by atoms with Crippen molar-refractivity contribution in [1.82, 2.24) is 14.8 Å². The lowest BCUT2D eigenvalue weighted by Crippen LogP contribution is -2.07. The van der Waals surface area contributed by atoms with Gasteiger partial charge in [0.2, 0.25) is 5.16 Å². The minimum absolute atomic E-state index is 0.0292. The van der Waals surface area contributed by atoms with E-state index in [0.717, 1.165) is 11.4 Å². The highest BCUT2D eigenvalue weighted by molar-refractivity contribution is 8.13. The van der Waals surface area contributed by atoms with Gasteiger partial charge in [-0.25, -0.2) is 0 Å². The summed E-state index contributed by atoms with van der Waals surface area (Å²) < 4.78 is 8.09. The number of nitrogens with zero attached hydrogens (tertiary/aromatic N) is 5. The summed E-state index contributed by atoms with van der Waals surface area (Å²) in [5.74, 6) is 2.14. The van der Waals surface area contributed by atoms with Crippen molar-refractivity contribution < 1.29 is 9.66 Å². The number of nitro groups is 1. The van der Waals surface area contributed by atoms with E-state index >= 15 is 0 Å². The molecule has 4 aromatic rings. The van der Waals surface area contributed by atoms with Gasteiger partial charge in [-0.1, -0.05) is 49.6 Å². The number of thioether (sulfide) groups is 1. The molecule has 5 rings (SSSR count). The molecule has 1 aliphatic rings. The van der Waals surface area contributed by atoms with E-state index in [9.17, 15) is 10.1 Å².